The molecule has 5 nitrogen and oxygen atoms in total. The van der Waals surface area contributed by atoms with Gasteiger partial charge in [-0.2, -0.15) is 0 Å². The van der Waals surface area contributed by atoms with E-state index in [-0.39, 0.29) is 17.9 Å². The highest BCUT2D eigenvalue weighted by Gasteiger charge is 2.27. The van der Waals surface area contributed by atoms with E-state index in [1.807, 2.05) is 37.3 Å². The topological polar surface area (TPSA) is 58.6 Å². The molecular weight excluding hydrogens is 436 g/mol. The summed E-state index contributed by atoms with van der Waals surface area (Å²) in [6, 6.07) is 17.0. The first-order valence-electron chi connectivity index (χ1n) is 12.0. The fourth-order valence-corrected chi connectivity index (χ4v) is 4.35. The Morgan fingerprint density at radius 2 is 1.76 bits per heavy atom. The van der Waals surface area contributed by atoms with Crippen molar-refractivity contribution in [3.63, 3.8) is 0 Å². The normalized spacial score (nSPS) is 15.0. The van der Waals surface area contributed by atoms with Crippen LogP contribution in [0.15, 0.2) is 54.6 Å². The van der Waals surface area contributed by atoms with Gasteiger partial charge in [0.15, 0.2) is 0 Å². The van der Waals surface area contributed by atoms with Crippen molar-refractivity contribution >= 4 is 23.4 Å². The quantitative estimate of drug-likeness (QED) is 0.447. The first-order chi connectivity index (χ1) is 16.0. The average Bonchev–Trinajstić information content (AvgIpc) is 2.84. The van der Waals surface area contributed by atoms with Gasteiger partial charge in [-0.05, 0) is 62.4 Å². The van der Waals surface area contributed by atoms with Crippen molar-refractivity contribution in [2.24, 2.45) is 0 Å². The number of rotatable bonds is 11. The Kier molecular flexibility index (Phi) is 10.1. The van der Waals surface area contributed by atoms with Gasteiger partial charge in [0.2, 0.25) is 11.8 Å². The maximum absolute atomic E-state index is 13.1. The van der Waals surface area contributed by atoms with Crippen LogP contribution in [0.25, 0.3) is 0 Å². The first kappa shape index (κ1) is 25.1. The third-order valence-corrected chi connectivity index (χ3v) is 6.47. The summed E-state index contributed by atoms with van der Waals surface area (Å²) >= 11 is 5.90. The number of amides is 2. The van der Waals surface area contributed by atoms with Crippen LogP contribution in [0, 0.1) is 0 Å². The average molecular weight is 471 g/mol. The molecule has 1 aliphatic carbocycles. The number of hydrogen-bond acceptors (Lipinski definition) is 3. The summed E-state index contributed by atoms with van der Waals surface area (Å²) in [5.74, 6) is 0.658. The molecular formula is C27H35ClN2O3. The van der Waals surface area contributed by atoms with Crippen LogP contribution in [0.5, 0.6) is 5.75 Å². The van der Waals surface area contributed by atoms with Crippen LogP contribution in [-0.2, 0) is 16.0 Å². The minimum atomic E-state index is -0.500. The van der Waals surface area contributed by atoms with E-state index in [4.69, 9.17) is 16.3 Å². The minimum absolute atomic E-state index is 0.0167. The summed E-state index contributed by atoms with van der Waals surface area (Å²) < 4.78 is 5.72. The molecule has 2 amide bonds. The van der Waals surface area contributed by atoms with Gasteiger partial charge in [-0.15, -0.1) is 0 Å². The number of halogens is 1. The Morgan fingerprint density at radius 1 is 1.06 bits per heavy atom. The minimum Gasteiger partial charge on any atom is -0.494 e. The van der Waals surface area contributed by atoms with Gasteiger partial charge in [0, 0.05) is 24.0 Å². The Bertz CT molecular complexity index is 867. The second kappa shape index (κ2) is 13.2. The van der Waals surface area contributed by atoms with Crippen LogP contribution in [0.1, 0.15) is 57.4 Å². The van der Waals surface area contributed by atoms with Crippen LogP contribution in [0.4, 0.5) is 0 Å². The molecule has 6 heteroatoms. The lowest BCUT2D eigenvalue weighted by Gasteiger charge is -2.31. The Hall–Kier alpha value is -2.53. The number of hydrogen-bond donors (Lipinski definition) is 1. The molecule has 1 fully saturated rings. The molecule has 0 heterocycles. The Balaban J connectivity index is 1.55. The zero-order chi connectivity index (χ0) is 23.5. The van der Waals surface area contributed by atoms with Gasteiger partial charge < -0.3 is 15.0 Å². The molecule has 1 saturated carbocycles. The molecule has 0 radical (unpaired) electrons. The number of benzene rings is 2. The number of ether oxygens (including phenoxy) is 1. The monoisotopic (exact) mass is 470 g/mol. The lowest BCUT2D eigenvalue weighted by molar-refractivity contribution is -0.140. The van der Waals surface area contributed by atoms with Crippen molar-refractivity contribution in [1.29, 1.82) is 0 Å². The fraction of sp³-hybridized carbons (Fsp3) is 0.481. The lowest BCUT2D eigenvalue weighted by atomic mass is 9.95. The Labute approximate surface area is 202 Å². The molecule has 2 aromatic carbocycles. The molecule has 2 aromatic rings. The summed E-state index contributed by atoms with van der Waals surface area (Å²) in [6.07, 6.45) is 7.24. The Morgan fingerprint density at radius 3 is 2.45 bits per heavy atom. The highest BCUT2D eigenvalue weighted by atomic mass is 35.5. The van der Waals surface area contributed by atoms with Crippen LogP contribution in [0.2, 0.25) is 5.02 Å². The molecule has 0 saturated heterocycles. The number of carbonyl (C=O) groups is 2. The molecule has 0 unspecified atom stereocenters. The lowest BCUT2D eigenvalue weighted by Crippen LogP contribution is -2.51. The molecule has 0 aromatic heterocycles. The highest BCUT2D eigenvalue weighted by molar-refractivity contribution is 6.30. The summed E-state index contributed by atoms with van der Waals surface area (Å²) in [7, 11) is 0. The van der Waals surface area contributed by atoms with E-state index in [1.165, 1.54) is 6.42 Å². The molecule has 33 heavy (non-hydrogen) atoms. The molecule has 1 N–H and O–H groups in total. The van der Waals surface area contributed by atoms with Gasteiger partial charge in [-0.1, -0.05) is 61.2 Å². The van der Waals surface area contributed by atoms with Gasteiger partial charge in [-0.25, -0.2) is 0 Å². The molecule has 1 aliphatic rings. The van der Waals surface area contributed by atoms with E-state index in [9.17, 15) is 9.59 Å². The van der Waals surface area contributed by atoms with E-state index in [0.29, 0.717) is 31.0 Å². The summed E-state index contributed by atoms with van der Waals surface area (Å²) in [5.41, 5.74) is 1.15. The van der Waals surface area contributed by atoms with Crippen molar-refractivity contribution in [3.05, 3.63) is 65.2 Å². The molecule has 178 valence electrons. The van der Waals surface area contributed by atoms with Crippen LogP contribution in [0.3, 0.4) is 0 Å². The zero-order valence-corrected chi connectivity index (χ0v) is 20.2. The van der Waals surface area contributed by atoms with Crippen molar-refractivity contribution in [2.45, 2.75) is 70.4 Å². The first-order valence-corrected chi connectivity index (χ1v) is 12.4. The van der Waals surface area contributed by atoms with Crippen molar-refractivity contribution < 1.29 is 14.3 Å². The SMILES string of the molecule is C[C@@H](C(=O)NC1CCCCC1)N(CCc1ccccc1)C(=O)CCCOc1ccc(Cl)cc1. The van der Waals surface area contributed by atoms with Crippen molar-refractivity contribution in [2.75, 3.05) is 13.2 Å². The summed E-state index contributed by atoms with van der Waals surface area (Å²) in [5, 5.41) is 3.84. The van der Waals surface area contributed by atoms with Gasteiger partial charge in [0.25, 0.3) is 0 Å². The van der Waals surface area contributed by atoms with Gasteiger partial charge >= 0.3 is 0 Å². The molecule has 0 aliphatic heterocycles. The number of carbonyl (C=O) groups excluding carboxylic acids is 2. The maximum Gasteiger partial charge on any atom is 0.242 e. The molecule has 0 spiro atoms. The number of nitrogens with zero attached hydrogens (tertiary/aromatic N) is 1. The highest BCUT2D eigenvalue weighted by Crippen LogP contribution is 2.19. The largest absolute Gasteiger partial charge is 0.494 e. The molecule has 0 bridgehead atoms. The maximum atomic E-state index is 13.1. The van der Waals surface area contributed by atoms with Gasteiger partial charge in [0.1, 0.15) is 11.8 Å². The van der Waals surface area contributed by atoms with Crippen molar-refractivity contribution in [1.82, 2.24) is 10.2 Å². The third-order valence-electron chi connectivity index (χ3n) is 6.22. The summed E-state index contributed by atoms with van der Waals surface area (Å²) in [4.78, 5) is 27.8. The predicted octanol–water partition coefficient (Wildman–Crippen LogP) is 5.41. The fourth-order valence-electron chi connectivity index (χ4n) is 4.23. The van der Waals surface area contributed by atoms with E-state index < -0.39 is 6.04 Å². The van der Waals surface area contributed by atoms with E-state index >= 15 is 0 Å². The van der Waals surface area contributed by atoms with Crippen molar-refractivity contribution in [3.8, 4) is 5.75 Å². The second-order valence-electron chi connectivity index (χ2n) is 8.75. The summed E-state index contributed by atoms with van der Waals surface area (Å²) in [6.45, 7) is 2.79. The van der Waals surface area contributed by atoms with E-state index in [2.05, 4.69) is 17.4 Å². The van der Waals surface area contributed by atoms with E-state index in [0.717, 1.165) is 43.4 Å². The van der Waals surface area contributed by atoms with Gasteiger partial charge in [0.05, 0.1) is 6.61 Å². The van der Waals surface area contributed by atoms with Crippen LogP contribution >= 0.6 is 11.6 Å². The standard InChI is InChI=1S/C27H35ClN2O3/c1-21(27(32)29-24-11-6-3-7-12-24)30(19-18-22-9-4-2-5-10-22)26(31)13-8-20-33-25-16-14-23(28)15-17-25/h2,4-5,9-10,14-17,21,24H,3,6-8,11-13,18-20H2,1H3,(H,29,32)/t21-/m0/s1. The van der Waals surface area contributed by atoms with Crippen LogP contribution in [-0.4, -0.2) is 41.9 Å². The second-order valence-corrected chi connectivity index (χ2v) is 9.18. The zero-order valence-electron chi connectivity index (χ0n) is 19.5. The smallest absolute Gasteiger partial charge is 0.242 e. The predicted molar refractivity (Wildman–Crippen MR) is 133 cm³/mol. The molecule has 3 rings (SSSR count). The number of nitrogens with one attached hydrogen (secondary N) is 1. The molecule has 1 atom stereocenters. The third kappa shape index (κ3) is 8.39. The van der Waals surface area contributed by atoms with Gasteiger partial charge in [-0.3, -0.25) is 9.59 Å². The van der Waals surface area contributed by atoms with E-state index in [1.54, 1.807) is 17.0 Å². The van der Waals surface area contributed by atoms with Crippen LogP contribution < -0.4 is 10.1 Å².